The highest BCUT2D eigenvalue weighted by Gasteiger charge is 2.35. The van der Waals surface area contributed by atoms with Crippen molar-refractivity contribution >= 4 is 40.3 Å². The molecule has 2 aromatic carbocycles. The number of thiocarbonyl (C=S) groups is 1. The molecule has 0 saturated carbocycles. The summed E-state index contributed by atoms with van der Waals surface area (Å²) in [6.07, 6.45) is 5.99. The summed E-state index contributed by atoms with van der Waals surface area (Å²) in [5.74, 6) is -0.0557. The molecule has 0 radical (unpaired) electrons. The molecule has 2 aliphatic heterocycles. The highest BCUT2D eigenvalue weighted by molar-refractivity contribution is 8.26. The first-order valence-electron chi connectivity index (χ1n) is 11.1. The number of ether oxygens (including phenoxy) is 1. The first-order valence-corrected chi connectivity index (χ1v) is 12.3. The Balaban J connectivity index is 1.55. The van der Waals surface area contributed by atoms with Gasteiger partial charge in [0.2, 0.25) is 0 Å². The Labute approximate surface area is 203 Å². The summed E-state index contributed by atoms with van der Waals surface area (Å²) in [5.41, 5.74) is 6.08. The lowest BCUT2D eigenvalue weighted by atomic mass is 10.0. The molecule has 2 saturated heterocycles. The van der Waals surface area contributed by atoms with Gasteiger partial charge in [-0.1, -0.05) is 59.9 Å². The van der Waals surface area contributed by atoms with Gasteiger partial charge in [0, 0.05) is 23.9 Å². The minimum Gasteiger partial charge on any atom is -0.376 e. The third-order valence-electron chi connectivity index (χ3n) is 5.98. The molecule has 1 unspecified atom stereocenters. The predicted octanol–water partition coefficient (Wildman–Crippen LogP) is 5.54. The molecule has 1 amide bonds. The maximum atomic E-state index is 13.2. The summed E-state index contributed by atoms with van der Waals surface area (Å²) in [6.45, 7) is 5.44. The van der Waals surface area contributed by atoms with Crippen LogP contribution in [0.1, 0.15) is 29.5 Å². The number of benzene rings is 2. The van der Waals surface area contributed by atoms with E-state index in [9.17, 15) is 4.79 Å². The van der Waals surface area contributed by atoms with Gasteiger partial charge in [0.15, 0.2) is 0 Å². The molecule has 5 rings (SSSR count). The molecule has 0 spiro atoms. The minimum atomic E-state index is -0.0557. The fourth-order valence-corrected chi connectivity index (χ4v) is 5.46. The summed E-state index contributed by atoms with van der Waals surface area (Å²) in [4.78, 5) is 15.5. The number of hydrogen-bond donors (Lipinski definition) is 0. The molecule has 33 heavy (non-hydrogen) atoms. The van der Waals surface area contributed by atoms with E-state index in [-0.39, 0.29) is 12.0 Å². The van der Waals surface area contributed by atoms with E-state index in [1.54, 1.807) is 4.90 Å². The van der Waals surface area contributed by atoms with Gasteiger partial charge in [-0.2, -0.15) is 5.10 Å². The second kappa shape index (κ2) is 9.25. The van der Waals surface area contributed by atoms with E-state index in [2.05, 4.69) is 32.0 Å². The third kappa shape index (κ3) is 4.53. The van der Waals surface area contributed by atoms with Crippen molar-refractivity contribution in [1.29, 1.82) is 0 Å². The van der Waals surface area contributed by atoms with Crippen molar-refractivity contribution in [2.75, 3.05) is 13.2 Å². The van der Waals surface area contributed by atoms with Crippen LogP contribution in [0.2, 0.25) is 0 Å². The number of carbonyl (C=O) groups is 1. The van der Waals surface area contributed by atoms with Crippen molar-refractivity contribution in [3.05, 3.63) is 76.3 Å². The second-order valence-electron chi connectivity index (χ2n) is 8.46. The summed E-state index contributed by atoms with van der Waals surface area (Å²) in [7, 11) is 0. The van der Waals surface area contributed by atoms with Crippen molar-refractivity contribution in [1.82, 2.24) is 14.7 Å². The zero-order valence-corrected chi connectivity index (χ0v) is 20.3. The highest BCUT2D eigenvalue weighted by atomic mass is 32.2. The Bertz CT molecular complexity index is 1240. The van der Waals surface area contributed by atoms with Crippen LogP contribution in [0.4, 0.5) is 0 Å². The molecule has 2 aliphatic rings. The summed E-state index contributed by atoms with van der Waals surface area (Å²) < 4.78 is 8.18. The number of amides is 1. The summed E-state index contributed by atoms with van der Waals surface area (Å²) in [5, 5.41) is 4.93. The Morgan fingerprint density at radius 3 is 2.79 bits per heavy atom. The Hall–Kier alpha value is -2.74. The number of hydrogen-bond acceptors (Lipinski definition) is 5. The molecule has 0 bridgehead atoms. The quantitative estimate of drug-likeness (QED) is 0.358. The number of aryl methyl sites for hydroxylation is 2. The van der Waals surface area contributed by atoms with E-state index in [0.717, 1.165) is 47.5 Å². The number of carbonyl (C=O) groups excluding carboxylic acids is 1. The largest absolute Gasteiger partial charge is 0.376 e. The zero-order chi connectivity index (χ0) is 22.9. The molecule has 2 fully saturated rings. The van der Waals surface area contributed by atoms with Crippen LogP contribution in [0, 0.1) is 13.8 Å². The molecule has 3 aromatic rings. The summed E-state index contributed by atoms with van der Waals surface area (Å²) >= 11 is 6.89. The molecule has 7 heteroatoms. The highest BCUT2D eigenvalue weighted by Crippen LogP contribution is 2.36. The molecule has 1 aromatic heterocycles. The van der Waals surface area contributed by atoms with Gasteiger partial charge in [0.1, 0.15) is 10.0 Å². The lowest BCUT2D eigenvalue weighted by Gasteiger charge is -2.18. The number of rotatable bonds is 5. The van der Waals surface area contributed by atoms with Gasteiger partial charge in [0.25, 0.3) is 5.91 Å². The first kappa shape index (κ1) is 22.1. The van der Waals surface area contributed by atoms with Crippen LogP contribution in [0.25, 0.3) is 23.0 Å². The van der Waals surface area contributed by atoms with Gasteiger partial charge in [-0.05, 0) is 56.5 Å². The van der Waals surface area contributed by atoms with E-state index in [1.165, 1.54) is 17.3 Å². The number of nitrogens with zero attached hydrogens (tertiary/aromatic N) is 3. The second-order valence-corrected chi connectivity index (χ2v) is 10.1. The average molecular weight is 476 g/mol. The lowest BCUT2D eigenvalue weighted by Crippen LogP contribution is -2.35. The number of aromatic nitrogens is 2. The molecule has 168 valence electrons. The maximum absolute atomic E-state index is 13.2. The predicted molar refractivity (Wildman–Crippen MR) is 137 cm³/mol. The Morgan fingerprint density at radius 2 is 2.03 bits per heavy atom. The smallest absolute Gasteiger partial charge is 0.266 e. The lowest BCUT2D eigenvalue weighted by molar-refractivity contribution is -0.123. The van der Waals surface area contributed by atoms with E-state index < -0.39 is 0 Å². The fourth-order valence-electron chi connectivity index (χ4n) is 4.20. The molecule has 3 heterocycles. The van der Waals surface area contributed by atoms with E-state index in [1.807, 2.05) is 47.3 Å². The molecular formula is C26H25N3O2S2. The normalized spacial score (nSPS) is 19.8. The van der Waals surface area contributed by atoms with Crippen LogP contribution >= 0.6 is 24.0 Å². The van der Waals surface area contributed by atoms with E-state index >= 15 is 0 Å². The van der Waals surface area contributed by atoms with Gasteiger partial charge in [0.05, 0.1) is 23.2 Å². The fraction of sp³-hybridized carbons (Fsp3) is 0.269. The van der Waals surface area contributed by atoms with Crippen LogP contribution in [-0.2, 0) is 9.53 Å². The van der Waals surface area contributed by atoms with Gasteiger partial charge in [-0.25, -0.2) is 4.68 Å². The molecule has 1 atom stereocenters. The van der Waals surface area contributed by atoms with Crippen molar-refractivity contribution < 1.29 is 9.53 Å². The molecule has 5 nitrogen and oxygen atoms in total. The Kier molecular flexibility index (Phi) is 6.19. The first-order chi connectivity index (χ1) is 16.0. The monoisotopic (exact) mass is 475 g/mol. The SMILES string of the molecule is Cc1ccc(C)c(-c2nn(-c3ccccc3)cc2/C=C2\SC(=S)N(CC3CCCO3)C2=O)c1. The van der Waals surface area contributed by atoms with Gasteiger partial charge in [-0.3, -0.25) is 9.69 Å². The van der Waals surface area contributed by atoms with Gasteiger partial charge in [-0.15, -0.1) is 0 Å². The van der Waals surface area contributed by atoms with E-state index in [0.29, 0.717) is 15.8 Å². The van der Waals surface area contributed by atoms with Crippen molar-refractivity contribution in [3.63, 3.8) is 0 Å². The van der Waals surface area contributed by atoms with Crippen LogP contribution < -0.4 is 0 Å². The minimum absolute atomic E-state index is 0.0557. The topological polar surface area (TPSA) is 47.4 Å². The molecule has 0 N–H and O–H groups in total. The van der Waals surface area contributed by atoms with Gasteiger partial charge < -0.3 is 4.74 Å². The molecule has 0 aliphatic carbocycles. The average Bonchev–Trinajstić information content (AvgIpc) is 3.54. The van der Waals surface area contributed by atoms with Crippen LogP contribution in [0.3, 0.4) is 0 Å². The van der Waals surface area contributed by atoms with Gasteiger partial charge >= 0.3 is 0 Å². The zero-order valence-electron chi connectivity index (χ0n) is 18.7. The number of thioether (sulfide) groups is 1. The number of para-hydroxylation sites is 1. The van der Waals surface area contributed by atoms with Crippen molar-refractivity contribution in [2.45, 2.75) is 32.8 Å². The van der Waals surface area contributed by atoms with Crippen LogP contribution in [-0.4, -0.2) is 44.2 Å². The molecular weight excluding hydrogens is 450 g/mol. The third-order valence-corrected chi connectivity index (χ3v) is 7.36. The maximum Gasteiger partial charge on any atom is 0.266 e. The van der Waals surface area contributed by atoms with Crippen LogP contribution in [0.15, 0.2) is 59.6 Å². The van der Waals surface area contributed by atoms with E-state index in [4.69, 9.17) is 22.1 Å². The summed E-state index contributed by atoms with van der Waals surface area (Å²) in [6, 6.07) is 16.4. The van der Waals surface area contributed by atoms with Crippen molar-refractivity contribution in [2.24, 2.45) is 0 Å². The van der Waals surface area contributed by atoms with Crippen LogP contribution in [0.5, 0.6) is 0 Å². The van der Waals surface area contributed by atoms with Crippen molar-refractivity contribution in [3.8, 4) is 16.9 Å². The standard InChI is InChI=1S/C26H25N3O2S2/c1-17-10-11-18(2)22(13-17)24-19(15-29(27-24)20-7-4-3-5-8-20)14-23-25(30)28(26(32)33-23)16-21-9-6-12-31-21/h3-5,7-8,10-11,13-15,21H,6,9,12,16H2,1-2H3/b23-14-. The Morgan fingerprint density at radius 1 is 1.21 bits per heavy atom.